The zero-order chi connectivity index (χ0) is 4.99. The molecule has 0 aromatic heterocycles. The van der Waals surface area contributed by atoms with Gasteiger partial charge in [-0.05, 0) is 0 Å². The van der Waals surface area contributed by atoms with Gasteiger partial charge in [0.15, 0.2) is 0 Å². The van der Waals surface area contributed by atoms with E-state index >= 15 is 0 Å². The van der Waals surface area contributed by atoms with Gasteiger partial charge in [0.1, 0.15) is 0 Å². The summed E-state index contributed by atoms with van der Waals surface area (Å²) in [5.74, 6) is -1.39. The van der Waals surface area contributed by atoms with Gasteiger partial charge in [0.25, 0.3) is 0 Å². The molecule has 1 radical (unpaired) electrons. The van der Waals surface area contributed by atoms with Crippen LogP contribution >= 0.6 is 0 Å². The lowest BCUT2D eigenvalue weighted by atomic mass is 10.7. The summed E-state index contributed by atoms with van der Waals surface area (Å²) in [7, 11) is 0. The molecule has 0 aliphatic carbocycles. The molecule has 33 valence electrons. The maximum absolute atomic E-state index is 9.24. The first kappa shape index (κ1) is 5.01. The Kier molecular flexibility index (Phi) is 1.89. The molecule has 0 bridgehead atoms. The fraction of sp³-hybridized carbons (Fsp3) is 0. The Bertz CT molecular complexity index is 74.1. The third kappa shape index (κ3) is 3.01. The Morgan fingerprint density at radius 1 is 1.67 bits per heavy atom. The lowest BCUT2D eigenvalue weighted by molar-refractivity contribution is -0.137. The minimum Gasteiger partial charge on any atom is -0.515 e. The molecule has 0 atom stereocenters. The molecule has 0 aliphatic heterocycles. The van der Waals surface area contributed by atoms with E-state index in [1.165, 1.54) is 0 Å². The second kappa shape index (κ2) is 2.26. The summed E-state index contributed by atoms with van der Waals surface area (Å²) in [6.07, 6.45) is 0.940. The number of aliphatic hydroxyl groups excluding tert-OH is 1. The van der Waals surface area contributed by atoms with Crippen LogP contribution in [0, 0.1) is 0 Å². The Balaban J connectivity index is 3.30. The molecule has 1 N–H and O–H groups in total. The molecule has 0 saturated heterocycles. The number of aliphatic hydroxyl groups is 1. The van der Waals surface area contributed by atoms with Crippen molar-refractivity contribution < 1.29 is 15.0 Å². The van der Waals surface area contributed by atoms with Crippen molar-refractivity contribution >= 4 is 5.97 Å². The molecule has 6 heavy (non-hydrogen) atoms. The SMILES string of the molecule is [O]C(=O)C=CO. The summed E-state index contributed by atoms with van der Waals surface area (Å²) >= 11 is 0. The van der Waals surface area contributed by atoms with Gasteiger partial charge in [0, 0.05) is 0 Å². The van der Waals surface area contributed by atoms with Crippen LogP contribution in [0.15, 0.2) is 12.3 Å². The topological polar surface area (TPSA) is 57.2 Å². The second-order valence-electron chi connectivity index (χ2n) is 0.635. The average molecular weight is 87.1 g/mol. The molecule has 3 nitrogen and oxygen atoms in total. The fourth-order valence-electron chi connectivity index (χ4n) is 0.0609. The summed E-state index contributed by atoms with van der Waals surface area (Å²) in [6.45, 7) is 0. The number of carbonyl (C=O) groups is 1. The monoisotopic (exact) mass is 87.0 g/mol. The van der Waals surface area contributed by atoms with Crippen LogP contribution < -0.4 is 0 Å². The number of hydrogen-bond donors (Lipinski definition) is 1. The van der Waals surface area contributed by atoms with E-state index in [2.05, 4.69) is 0 Å². The van der Waals surface area contributed by atoms with Gasteiger partial charge in [-0.25, -0.2) is 9.90 Å². The summed E-state index contributed by atoms with van der Waals surface area (Å²) in [6, 6.07) is 0. The summed E-state index contributed by atoms with van der Waals surface area (Å²) in [4.78, 5) is 9.24. The van der Waals surface area contributed by atoms with Crippen molar-refractivity contribution in [3.63, 3.8) is 0 Å². The lowest BCUT2D eigenvalue weighted by Gasteiger charge is -1.63. The molecule has 3 heteroatoms. The first-order valence-electron chi connectivity index (χ1n) is 1.29. The molecule has 0 aliphatic rings. The zero-order valence-electron chi connectivity index (χ0n) is 2.92. The van der Waals surface area contributed by atoms with Gasteiger partial charge in [-0.2, -0.15) is 0 Å². The van der Waals surface area contributed by atoms with E-state index < -0.39 is 5.97 Å². The van der Waals surface area contributed by atoms with Gasteiger partial charge < -0.3 is 5.11 Å². The van der Waals surface area contributed by atoms with Crippen LogP contribution in [0.5, 0.6) is 0 Å². The molecule has 0 heterocycles. The normalized spacial score (nSPS) is 9.33. The van der Waals surface area contributed by atoms with Crippen molar-refractivity contribution in [3.05, 3.63) is 12.3 Å². The van der Waals surface area contributed by atoms with Gasteiger partial charge in [-0.1, -0.05) is 0 Å². The Morgan fingerprint density at radius 3 is 2.17 bits per heavy atom. The molecule has 0 rings (SSSR count). The van der Waals surface area contributed by atoms with E-state index in [0.29, 0.717) is 12.3 Å². The third-order valence-corrected chi connectivity index (χ3v) is 0.211. The van der Waals surface area contributed by atoms with Crippen LogP contribution in [0.3, 0.4) is 0 Å². The molecule has 0 amide bonds. The quantitative estimate of drug-likeness (QED) is 0.362. The number of rotatable bonds is 1. The van der Waals surface area contributed by atoms with Gasteiger partial charge in [-0.15, -0.1) is 0 Å². The number of hydrogen-bond acceptors (Lipinski definition) is 2. The van der Waals surface area contributed by atoms with Crippen molar-refractivity contribution in [2.45, 2.75) is 0 Å². The maximum atomic E-state index is 9.24. The van der Waals surface area contributed by atoms with Crippen LogP contribution in [-0.2, 0) is 9.90 Å². The lowest BCUT2D eigenvalue weighted by Crippen LogP contribution is -1.81. The number of carbonyl (C=O) groups excluding carboxylic acids is 1. The molecule has 0 fully saturated rings. The van der Waals surface area contributed by atoms with E-state index in [1.54, 1.807) is 0 Å². The average Bonchev–Trinajstić information content (AvgIpc) is 1.35. The minimum absolute atomic E-state index is 0.412. The van der Waals surface area contributed by atoms with Crippen molar-refractivity contribution in [1.82, 2.24) is 0 Å². The van der Waals surface area contributed by atoms with Gasteiger partial charge in [-0.3, -0.25) is 0 Å². The van der Waals surface area contributed by atoms with Crippen molar-refractivity contribution in [3.8, 4) is 0 Å². The van der Waals surface area contributed by atoms with E-state index in [4.69, 9.17) is 5.11 Å². The van der Waals surface area contributed by atoms with Crippen LogP contribution in [0.1, 0.15) is 0 Å². The van der Waals surface area contributed by atoms with Gasteiger partial charge in [0.05, 0.1) is 12.3 Å². The smallest absolute Gasteiger partial charge is 0.382 e. The highest BCUT2D eigenvalue weighted by Gasteiger charge is 1.83. The third-order valence-electron chi connectivity index (χ3n) is 0.211. The Hall–Kier alpha value is -0.990. The van der Waals surface area contributed by atoms with Crippen LogP contribution in [0.4, 0.5) is 0 Å². The second-order valence-corrected chi connectivity index (χ2v) is 0.635. The van der Waals surface area contributed by atoms with E-state index in [0.717, 1.165) is 0 Å². The van der Waals surface area contributed by atoms with E-state index in [1.807, 2.05) is 0 Å². The van der Waals surface area contributed by atoms with Crippen LogP contribution in [0.25, 0.3) is 0 Å². The predicted octanol–water partition coefficient (Wildman–Crippen LogP) is 0.0152. The molecule has 0 aromatic rings. The molecular weight excluding hydrogens is 84.0 g/mol. The van der Waals surface area contributed by atoms with Crippen molar-refractivity contribution in [1.29, 1.82) is 0 Å². The molecule has 0 unspecified atom stereocenters. The predicted molar refractivity (Wildman–Crippen MR) is 17.5 cm³/mol. The molecule has 0 spiro atoms. The fourth-order valence-corrected chi connectivity index (χ4v) is 0.0609. The van der Waals surface area contributed by atoms with Gasteiger partial charge in [0.2, 0.25) is 0 Å². The highest BCUT2D eigenvalue weighted by Crippen LogP contribution is 1.63. The van der Waals surface area contributed by atoms with Crippen molar-refractivity contribution in [2.75, 3.05) is 0 Å². The zero-order valence-corrected chi connectivity index (χ0v) is 2.92. The van der Waals surface area contributed by atoms with Crippen molar-refractivity contribution in [2.24, 2.45) is 0 Å². The molecule has 0 saturated carbocycles. The highest BCUT2D eigenvalue weighted by atomic mass is 16.4. The summed E-state index contributed by atoms with van der Waals surface area (Å²) < 4.78 is 0. The largest absolute Gasteiger partial charge is 0.515 e. The van der Waals surface area contributed by atoms with Gasteiger partial charge >= 0.3 is 5.97 Å². The summed E-state index contributed by atoms with van der Waals surface area (Å²) in [5, 5.41) is 16.9. The standard InChI is InChI=1S/C3H3O3/c4-2-1-3(5)6/h1-2,4H. The summed E-state index contributed by atoms with van der Waals surface area (Å²) in [5.41, 5.74) is 0. The van der Waals surface area contributed by atoms with Crippen LogP contribution in [0.2, 0.25) is 0 Å². The molecule has 0 aromatic carbocycles. The highest BCUT2D eigenvalue weighted by molar-refractivity contribution is 5.78. The Morgan fingerprint density at radius 2 is 2.17 bits per heavy atom. The minimum atomic E-state index is -1.39. The van der Waals surface area contributed by atoms with E-state index in [9.17, 15) is 9.90 Å². The van der Waals surface area contributed by atoms with Crippen LogP contribution in [-0.4, -0.2) is 11.1 Å². The first-order chi connectivity index (χ1) is 2.77. The maximum Gasteiger partial charge on any atom is 0.382 e. The molecular formula is C3H3O3. The van der Waals surface area contributed by atoms with E-state index in [-0.39, 0.29) is 0 Å². The Labute approximate surface area is 34.5 Å². The first-order valence-corrected chi connectivity index (χ1v) is 1.29.